The summed E-state index contributed by atoms with van der Waals surface area (Å²) < 4.78 is 0. The van der Waals surface area contributed by atoms with Gasteiger partial charge in [0.15, 0.2) is 5.13 Å². The minimum atomic E-state index is -0.203. The van der Waals surface area contributed by atoms with E-state index in [0.29, 0.717) is 11.3 Å². The second-order valence-electron chi connectivity index (χ2n) is 5.71. The van der Waals surface area contributed by atoms with Crippen LogP contribution in [0.5, 0.6) is 0 Å². The van der Waals surface area contributed by atoms with Crippen molar-refractivity contribution in [2.45, 2.75) is 39.5 Å². The highest BCUT2D eigenvalue weighted by atomic mass is 32.1. The molecule has 0 saturated heterocycles. The molecule has 20 heavy (non-hydrogen) atoms. The molecule has 0 saturated carbocycles. The van der Waals surface area contributed by atoms with Gasteiger partial charge in [0, 0.05) is 17.3 Å². The topological polar surface area (TPSA) is 70.7 Å². The quantitative estimate of drug-likeness (QED) is 0.908. The number of nitrogens with one attached hydrogen (secondary N) is 2. The fraction of sp³-hybridized carbons (Fsp3) is 0.500. The Morgan fingerprint density at radius 3 is 2.80 bits per heavy atom. The predicted molar refractivity (Wildman–Crippen MR) is 83.4 cm³/mol. The van der Waals surface area contributed by atoms with E-state index in [1.807, 2.05) is 11.4 Å². The van der Waals surface area contributed by atoms with Gasteiger partial charge in [-0.1, -0.05) is 27.7 Å². The molecule has 2 aromatic rings. The maximum atomic E-state index is 11.9. The lowest BCUT2D eigenvalue weighted by atomic mass is 9.91. The first kappa shape index (κ1) is 14.7. The molecule has 2 rings (SSSR count). The number of nitrogens with zero attached hydrogens (tertiary/aromatic N) is 2. The van der Waals surface area contributed by atoms with E-state index in [-0.39, 0.29) is 11.0 Å². The van der Waals surface area contributed by atoms with Gasteiger partial charge in [0.05, 0.1) is 17.0 Å². The van der Waals surface area contributed by atoms with E-state index in [4.69, 9.17) is 0 Å². The van der Waals surface area contributed by atoms with E-state index < -0.39 is 0 Å². The Kier molecular flexibility index (Phi) is 4.23. The first-order valence-electron chi connectivity index (χ1n) is 6.72. The average Bonchev–Trinajstić information content (AvgIpc) is 2.84. The maximum absolute atomic E-state index is 11.9. The minimum Gasteiger partial charge on any atom is -0.362 e. The maximum Gasteiger partial charge on any atom is 0.273 e. The number of thiazole rings is 1. The fourth-order valence-corrected chi connectivity index (χ4v) is 2.43. The molecule has 108 valence electrons. The highest BCUT2D eigenvalue weighted by Crippen LogP contribution is 2.25. The molecule has 0 fully saturated rings. The zero-order chi connectivity index (χ0) is 14.8. The van der Waals surface area contributed by atoms with Gasteiger partial charge in [-0.2, -0.15) is 5.10 Å². The Bertz CT molecular complexity index is 639. The van der Waals surface area contributed by atoms with Crippen LogP contribution in [-0.4, -0.2) is 21.7 Å². The lowest BCUT2D eigenvalue weighted by molar-refractivity contribution is 0.557. The SMILES string of the molecule is CCCNc1nc(-c2cc(C(C)(C)C)n[nH]c2=O)cs1. The first-order valence-corrected chi connectivity index (χ1v) is 7.59. The van der Waals surface area contributed by atoms with Crippen molar-refractivity contribution < 1.29 is 0 Å². The Morgan fingerprint density at radius 2 is 2.15 bits per heavy atom. The molecular weight excluding hydrogens is 272 g/mol. The third-order valence-electron chi connectivity index (χ3n) is 2.88. The van der Waals surface area contributed by atoms with E-state index in [9.17, 15) is 4.79 Å². The molecule has 5 nitrogen and oxygen atoms in total. The largest absolute Gasteiger partial charge is 0.362 e. The lowest BCUT2D eigenvalue weighted by Gasteiger charge is -2.17. The molecule has 0 aliphatic rings. The summed E-state index contributed by atoms with van der Waals surface area (Å²) in [5, 5.41) is 12.6. The molecule has 6 heteroatoms. The van der Waals surface area contributed by atoms with Crippen LogP contribution in [0.2, 0.25) is 0 Å². The van der Waals surface area contributed by atoms with E-state index in [0.717, 1.165) is 23.8 Å². The van der Waals surface area contributed by atoms with Gasteiger partial charge in [-0.25, -0.2) is 10.1 Å². The number of H-pyrrole nitrogens is 1. The summed E-state index contributed by atoms with van der Waals surface area (Å²) in [6, 6.07) is 1.83. The third-order valence-corrected chi connectivity index (χ3v) is 3.68. The highest BCUT2D eigenvalue weighted by molar-refractivity contribution is 7.14. The van der Waals surface area contributed by atoms with E-state index in [1.54, 1.807) is 0 Å². The van der Waals surface area contributed by atoms with Gasteiger partial charge in [0.2, 0.25) is 0 Å². The van der Waals surface area contributed by atoms with Crippen LogP contribution in [0.25, 0.3) is 11.3 Å². The predicted octanol–water partition coefficient (Wildman–Crippen LogP) is 3.01. The van der Waals surface area contributed by atoms with Gasteiger partial charge in [0.1, 0.15) is 0 Å². The fourth-order valence-electron chi connectivity index (χ4n) is 1.69. The standard InChI is InChI=1S/C14H20N4OS/c1-5-6-15-13-16-10(8-20-13)9-7-11(14(2,3)4)17-18-12(9)19/h7-8H,5-6H2,1-4H3,(H,15,16)(H,18,19). The Morgan fingerprint density at radius 1 is 1.40 bits per heavy atom. The van der Waals surface area contributed by atoms with Crippen molar-refractivity contribution in [2.75, 3.05) is 11.9 Å². The van der Waals surface area contributed by atoms with Crippen LogP contribution >= 0.6 is 11.3 Å². The molecule has 0 aliphatic heterocycles. The smallest absolute Gasteiger partial charge is 0.273 e. The molecule has 2 aromatic heterocycles. The van der Waals surface area contributed by atoms with Crippen LogP contribution in [0.4, 0.5) is 5.13 Å². The van der Waals surface area contributed by atoms with Crippen LogP contribution in [0, 0.1) is 0 Å². The molecule has 0 bridgehead atoms. The molecule has 2 N–H and O–H groups in total. The van der Waals surface area contributed by atoms with Crippen molar-refractivity contribution in [3.8, 4) is 11.3 Å². The number of hydrogen-bond donors (Lipinski definition) is 2. The first-order chi connectivity index (χ1) is 9.41. The molecule has 0 aliphatic carbocycles. The van der Waals surface area contributed by atoms with Gasteiger partial charge in [-0.15, -0.1) is 11.3 Å². The van der Waals surface area contributed by atoms with Crippen LogP contribution in [-0.2, 0) is 5.41 Å². The molecule has 0 amide bonds. The number of aromatic amines is 1. The van der Waals surface area contributed by atoms with Gasteiger partial charge >= 0.3 is 0 Å². The molecule has 0 atom stereocenters. The van der Waals surface area contributed by atoms with Gasteiger partial charge < -0.3 is 5.32 Å². The van der Waals surface area contributed by atoms with Crippen LogP contribution in [0.15, 0.2) is 16.2 Å². The van der Waals surface area contributed by atoms with Crippen molar-refractivity contribution in [3.63, 3.8) is 0 Å². The number of anilines is 1. The van der Waals surface area contributed by atoms with Gasteiger partial charge in [0.25, 0.3) is 5.56 Å². The van der Waals surface area contributed by atoms with Gasteiger partial charge in [-0.3, -0.25) is 4.79 Å². The van der Waals surface area contributed by atoms with Crippen molar-refractivity contribution >= 4 is 16.5 Å². The summed E-state index contributed by atoms with van der Waals surface area (Å²) >= 11 is 1.51. The van der Waals surface area contributed by atoms with Crippen molar-refractivity contribution in [1.29, 1.82) is 0 Å². The zero-order valence-electron chi connectivity index (χ0n) is 12.3. The van der Waals surface area contributed by atoms with E-state index in [1.165, 1.54) is 11.3 Å². The van der Waals surface area contributed by atoms with E-state index >= 15 is 0 Å². The summed E-state index contributed by atoms with van der Waals surface area (Å²) in [7, 11) is 0. The van der Waals surface area contributed by atoms with Crippen LogP contribution in [0.1, 0.15) is 39.8 Å². The summed E-state index contributed by atoms with van der Waals surface area (Å²) in [5.74, 6) is 0. The normalized spacial score (nSPS) is 11.6. The zero-order valence-corrected chi connectivity index (χ0v) is 13.1. The third kappa shape index (κ3) is 3.25. The number of aromatic nitrogens is 3. The summed E-state index contributed by atoms with van der Waals surface area (Å²) in [5.41, 5.74) is 1.81. The Balaban J connectivity index is 2.37. The van der Waals surface area contributed by atoms with Gasteiger partial charge in [-0.05, 0) is 12.5 Å². The molecule has 2 heterocycles. The Labute approximate surface area is 122 Å². The monoisotopic (exact) mass is 292 g/mol. The molecule has 0 unspecified atom stereocenters. The van der Waals surface area contributed by atoms with Crippen molar-refractivity contribution in [1.82, 2.24) is 15.2 Å². The number of rotatable bonds is 4. The summed E-state index contributed by atoms with van der Waals surface area (Å²) in [6.07, 6.45) is 1.04. The second-order valence-corrected chi connectivity index (χ2v) is 6.57. The molecule has 0 radical (unpaired) electrons. The molecule has 0 aromatic carbocycles. The second kappa shape index (κ2) is 5.75. The average molecular weight is 292 g/mol. The number of hydrogen-bond acceptors (Lipinski definition) is 5. The summed E-state index contributed by atoms with van der Waals surface area (Å²) in [4.78, 5) is 16.4. The lowest BCUT2D eigenvalue weighted by Crippen LogP contribution is -2.20. The van der Waals surface area contributed by atoms with Crippen molar-refractivity contribution in [2.24, 2.45) is 0 Å². The van der Waals surface area contributed by atoms with Crippen LogP contribution in [0.3, 0.4) is 0 Å². The van der Waals surface area contributed by atoms with E-state index in [2.05, 4.69) is 48.2 Å². The highest BCUT2D eigenvalue weighted by Gasteiger charge is 2.18. The summed E-state index contributed by atoms with van der Waals surface area (Å²) in [6.45, 7) is 9.17. The molecular formula is C14H20N4OS. The van der Waals surface area contributed by atoms with Crippen molar-refractivity contribution in [3.05, 3.63) is 27.5 Å². The van der Waals surface area contributed by atoms with Crippen LogP contribution < -0.4 is 10.9 Å². The minimum absolute atomic E-state index is 0.113. The Hall–Kier alpha value is -1.69. The molecule has 0 spiro atoms.